The number of non-ortho nitro benzene ring substituents is 1. The second kappa shape index (κ2) is 3.53. The Morgan fingerprint density at radius 1 is 1.54 bits per heavy atom. The van der Waals surface area contributed by atoms with Crippen LogP contribution in [0.3, 0.4) is 0 Å². The molecule has 6 heteroatoms. The molecule has 0 aromatic heterocycles. The van der Waals surface area contributed by atoms with Crippen molar-refractivity contribution in [1.82, 2.24) is 0 Å². The van der Waals surface area contributed by atoms with Crippen LogP contribution < -0.4 is 10.5 Å². The lowest BCUT2D eigenvalue weighted by molar-refractivity contribution is -0.384. The summed E-state index contributed by atoms with van der Waals surface area (Å²) in [4.78, 5) is 19.6. The van der Waals surface area contributed by atoms with Gasteiger partial charge in [0, 0.05) is 6.07 Å². The van der Waals surface area contributed by atoms with E-state index in [9.17, 15) is 14.9 Å². The normalized spacial score (nSPS) is 9.23. The van der Waals surface area contributed by atoms with Crippen molar-refractivity contribution in [1.29, 1.82) is 0 Å². The number of rotatable bonds is 3. The minimum absolute atomic E-state index is 0.01000. The number of nitrogens with two attached hydrogens (primary N) is 1. The van der Waals surface area contributed by atoms with Crippen LogP contribution in [0.4, 0.5) is 11.4 Å². The highest BCUT2D eigenvalue weighted by atomic mass is 16.6. The van der Waals surface area contributed by atoms with Crippen LogP contribution in [-0.2, 0) is 4.79 Å². The first-order chi connectivity index (χ1) is 6.15. The lowest BCUT2D eigenvalue weighted by Crippen LogP contribution is -1.96. The maximum atomic E-state index is 10.3. The fourth-order valence-electron chi connectivity index (χ4n) is 0.791. The lowest BCUT2D eigenvalue weighted by Gasteiger charge is -2.00. The zero-order chi connectivity index (χ0) is 9.84. The molecule has 0 atom stereocenters. The zero-order valence-electron chi connectivity index (χ0n) is 6.47. The fourth-order valence-corrected chi connectivity index (χ4v) is 0.791. The number of anilines is 1. The van der Waals surface area contributed by atoms with Crippen LogP contribution in [0.2, 0.25) is 0 Å². The molecule has 1 rings (SSSR count). The molecule has 0 spiro atoms. The van der Waals surface area contributed by atoms with Gasteiger partial charge in [-0.25, -0.2) is 0 Å². The van der Waals surface area contributed by atoms with Gasteiger partial charge in [-0.1, -0.05) is 0 Å². The van der Waals surface area contributed by atoms with E-state index in [0.717, 1.165) is 6.07 Å². The molecule has 0 saturated heterocycles. The lowest BCUT2D eigenvalue weighted by atomic mass is 10.2. The third-order valence-corrected chi connectivity index (χ3v) is 1.38. The van der Waals surface area contributed by atoms with Crippen LogP contribution in [0.5, 0.6) is 5.75 Å². The van der Waals surface area contributed by atoms with E-state index in [0.29, 0.717) is 0 Å². The molecule has 1 aromatic carbocycles. The van der Waals surface area contributed by atoms with E-state index in [1.165, 1.54) is 12.1 Å². The summed E-state index contributed by atoms with van der Waals surface area (Å²) in [6, 6.07) is 3.62. The Morgan fingerprint density at radius 2 is 2.23 bits per heavy atom. The average molecular weight is 182 g/mol. The molecule has 68 valence electrons. The smallest absolute Gasteiger partial charge is 0.298 e. The summed E-state index contributed by atoms with van der Waals surface area (Å²) >= 11 is 0. The van der Waals surface area contributed by atoms with Gasteiger partial charge in [-0.05, 0) is 6.07 Å². The van der Waals surface area contributed by atoms with Gasteiger partial charge in [0.2, 0.25) is 0 Å². The zero-order valence-corrected chi connectivity index (χ0v) is 6.47. The van der Waals surface area contributed by atoms with Crippen LogP contribution >= 0.6 is 0 Å². The Balaban J connectivity index is 3.10. The molecule has 0 fully saturated rings. The molecule has 0 unspecified atom stereocenters. The number of nitrogens with zero attached hydrogens (tertiary/aromatic N) is 1. The molecular formula is C7H6N2O4. The summed E-state index contributed by atoms with van der Waals surface area (Å²) in [6.07, 6.45) is 0. The Morgan fingerprint density at radius 3 is 2.77 bits per heavy atom. The highest BCUT2D eigenvalue weighted by molar-refractivity contribution is 5.61. The summed E-state index contributed by atoms with van der Waals surface area (Å²) in [6.45, 7) is 0.162. The molecule has 0 radical (unpaired) electrons. The number of ether oxygens (including phenoxy) is 1. The highest BCUT2D eigenvalue weighted by Gasteiger charge is 2.09. The van der Waals surface area contributed by atoms with Gasteiger partial charge in [0.15, 0.2) is 5.75 Å². The van der Waals surface area contributed by atoms with Gasteiger partial charge in [-0.3, -0.25) is 14.9 Å². The van der Waals surface area contributed by atoms with Gasteiger partial charge < -0.3 is 10.5 Å². The van der Waals surface area contributed by atoms with Crippen molar-refractivity contribution in [2.24, 2.45) is 0 Å². The quantitative estimate of drug-likeness (QED) is 0.321. The Bertz CT molecular complexity index is 350. The van der Waals surface area contributed by atoms with Crippen molar-refractivity contribution in [2.75, 3.05) is 5.73 Å². The summed E-state index contributed by atoms with van der Waals surface area (Å²) in [5, 5.41) is 10.3. The molecule has 0 amide bonds. The minimum atomic E-state index is -0.600. The molecule has 6 nitrogen and oxygen atoms in total. The van der Waals surface area contributed by atoms with E-state index < -0.39 is 4.92 Å². The van der Waals surface area contributed by atoms with E-state index in [4.69, 9.17) is 5.73 Å². The minimum Gasteiger partial charge on any atom is -0.426 e. The predicted molar refractivity (Wildman–Crippen MR) is 44.2 cm³/mol. The summed E-state index contributed by atoms with van der Waals surface area (Å²) in [7, 11) is 0. The predicted octanol–water partition coefficient (Wildman–Crippen LogP) is 0.712. The second-order valence-corrected chi connectivity index (χ2v) is 2.19. The van der Waals surface area contributed by atoms with Gasteiger partial charge in [0.25, 0.3) is 12.2 Å². The number of nitro groups is 1. The fraction of sp³-hybridized carbons (Fsp3) is 0. The first-order valence-electron chi connectivity index (χ1n) is 3.29. The molecular weight excluding hydrogens is 176 g/mol. The second-order valence-electron chi connectivity index (χ2n) is 2.19. The van der Waals surface area contributed by atoms with Gasteiger partial charge in [-0.2, -0.15) is 0 Å². The first-order valence-corrected chi connectivity index (χ1v) is 3.29. The highest BCUT2D eigenvalue weighted by Crippen LogP contribution is 2.25. The molecule has 0 bridgehead atoms. The SMILES string of the molecule is Nc1ccc([N+](=O)[O-])cc1OC=O. The molecule has 2 N–H and O–H groups in total. The van der Waals surface area contributed by atoms with Gasteiger partial charge >= 0.3 is 0 Å². The number of nitrogen functional groups attached to an aromatic ring is 1. The molecule has 0 saturated carbocycles. The summed E-state index contributed by atoms with van der Waals surface area (Å²) in [5.41, 5.74) is 5.37. The average Bonchev–Trinajstić information content (AvgIpc) is 2.08. The van der Waals surface area contributed by atoms with Crippen LogP contribution in [0, 0.1) is 10.1 Å². The molecule has 0 aliphatic rings. The Labute approximate surface area is 73.1 Å². The van der Waals surface area contributed by atoms with Crippen LogP contribution in [-0.4, -0.2) is 11.4 Å². The van der Waals surface area contributed by atoms with Crippen molar-refractivity contribution in [2.45, 2.75) is 0 Å². The van der Waals surface area contributed by atoms with Crippen molar-refractivity contribution in [3.05, 3.63) is 28.3 Å². The van der Waals surface area contributed by atoms with E-state index in [1.54, 1.807) is 0 Å². The topological polar surface area (TPSA) is 95.5 Å². The third-order valence-electron chi connectivity index (χ3n) is 1.38. The van der Waals surface area contributed by atoms with Crippen molar-refractivity contribution in [3.63, 3.8) is 0 Å². The molecule has 13 heavy (non-hydrogen) atoms. The van der Waals surface area contributed by atoms with Gasteiger partial charge in [0.1, 0.15) is 0 Å². The third kappa shape index (κ3) is 1.92. The van der Waals surface area contributed by atoms with E-state index in [2.05, 4.69) is 4.74 Å². The van der Waals surface area contributed by atoms with E-state index in [1.807, 2.05) is 0 Å². The van der Waals surface area contributed by atoms with Gasteiger partial charge in [-0.15, -0.1) is 0 Å². The van der Waals surface area contributed by atoms with Crippen LogP contribution in [0.25, 0.3) is 0 Å². The van der Waals surface area contributed by atoms with Crippen molar-refractivity contribution in [3.8, 4) is 5.75 Å². The number of carbonyl (C=O) groups is 1. The number of nitro benzene ring substituents is 1. The van der Waals surface area contributed by atoms with Crippen LogP contribution in [0.15, 0.2) is 18.2 Å². The monoisotopic (exact) mass is 182 g/mol. The molecule has 0 aliphatic carbocycles. The standard InChI is InChI=1S/C7H6N2O4/c8-6-2-1-5(9(11)12)3-7(6)13-4-10/h1-4H,8H2. The van der Waals surface area contributed by atoms with Crippen LogP contribution in [0.1, 0.15) is 0 Å². The maximum absolute atomic E-state index is 10.3. The van der Waals surface area contributed by atoms with Gasteiger partial charge in [0.05, 0.1) is 16.7 Å². The summed E-state index contributed by atoms with van der Waals surface area (Å²) in [5.74, 6) is -0.01000. The van der Waals surface area contributed by atoms with E-state index in [-0.39, 0.29) is 23.6 Å². The van der Waals surface area contributed by atoms with Crippen molar-refractivity contribution >= 4 is 17.8 Å². The molecule has 0 heterocycles. The van der Waals surface area contributed by atoms with Crippen molar-refractivity contribution < 1.29 is 14.5 Å². The number of hydrogen-bond donors (Lipinski definition) is 1. The maximum Gasteiger partial charge on any atom is 0.298 e. The first kappa shape index (κ1) is 8.98. The summed E-state index contributed by atoms with van der Waals surface area (Å²) < 4.78 is 4.42. The number of hydrogen-bond acceptors (Lipinski definition) is 5. The van der Waals surface area contributed by atoms with E-state index >= 15 is 0 Å². The Kier molecular flexibility index (Phi) is 2.44. The number of benzene rings is 1. The Hall–Kier alpha value is -2.11. The molecule has 1 aromatic rings. The number of carbonyl (C=O) groups excluding carboxylic acids is 1. The molecule has 0 aliphatic heterocycles. The largest absolute Gasteiger partial charge is 0.426 e.